The maximum atomic E-state index is 12.3. The third kappa shape index (κ3) is 3.22. The molecule has 5 nitrogen and oxygen atoms in total. The number of aliphatic hydroxyl groups excluding tert-OH is 1. The van der Waals surface area contributed by atoms with Crippen molar-refractivity contribution in [3.8, 4) is 11.3 Å². The molecule has 0 atom stereocenters. The Labute approximate surface area is 153 Å². The Kier molecular flexibility index (Phi) is 5.38. The molecule has 0 saturated carbocycles. The van der Waals surface area contributed by atoms with Crippen LogP contribution in [0.4, 0.5) is 0 Å². The first kappa shape index (κ1) is 18.1. The van der Waals surface area contributed by atoms with Gasteiger partial charge in [0.2, 0.25) is 0 Å². The molecule has 0 saturated heterocycles. The fraction of sp³-hybridized carbons (Fsp3) is 0.333. The molecule has 0 bridgehead atoms. The zero-order valence-electron chi connectivity index (χ0n) is 15.3. The minimum absolute atomic E-state index is 0.110. The lowest BCUT2D eigenvalue weighted by molar-refractivity contribution is 0.1000. The third-order valence-electron chi connectivity index (χ3n) is 4.76. The van der Waals surface area contributed by atoms with E-state index >= 15 is 0 Å². The standard InChI is InChI=1S/C21H25N3O2/c1-3-7-18-20(17-11-10-15-8-4-5-9-16(15)23-17)19(21(22)26)14(2)24(18)12-6-13-25/h4-5,8-11,25H,3,6-7,12-13H2,1-2H3,(H2,22,26). The topological polar surface area (TPSA) is 81.1 Å². The van der Waals surface area contributed by atoms with Gasteiger partial charge < -0.3 is 15.4 Å². The molecule has 136 valence electrons. The Morgan fingerprint density at radius 3 is 2.69 bits per heavy atom. The van der Waals surface area contributed by atoms with Crippen LogP contribution in [0.2, 0.25) is 0 Å². The summed E-state index contributed by atoms with van der Waals surface area (Å²) in [6, 6.07) is 11.9. The molecule has 2 heterocycles. The summed E-state index contributed by atoms with van der Waals surface area (Å²) >= 11 is 0. The van der Waals surface area contributed by atoms with Crippen molar-refractivity contribution in [3.63, 3.8) is 0 Å². The van der Waals surface area contributed by atoms with Crippen molar-refractivity contribution in [2.75, 3.05) is 6.61 Å². The van der Waals surface area contributed by atoms with Gasteiger partial charge in [0, 0.05) is 35.5 Å². The second-order valence-corrected chi connectivity index (χ2v) is 6.51. The molecule has 0 spiro atoms. The second kappa shape index (κ2) is 7.70. The molecule has 26 heavy (non-hydrogen) atoms. The van der Waals surface area contributed by atoms with E-state index < -0.39 is 5.91 Å². The summed E-state index contributed by atoms with van der Waals surface area (Å²) in [6.45, 7) is 4.80. The average molecular weight is 351 g/mol. The first-order valence-corrected chi connectivity index (χ1v) is 9.07. The molecule has 1 aromatic carbocycles. The highest BCUT2D eigenvalue weighted by Crippen LogP contribution is 2.33. The maximum absolute atomic E-state index is 12.3. The summed E-state index contributed by atoms with van der Waals surface area (Å²) in [5.74, 6) is -0.437. The minimum atomic E-state index is -0.437. The Bertz CT molecular complexity index is 944. The lowest BCUT2D eigenvalue weighted by Gasteiger charge is -2.12. The fourth-order valence-corrected chi connectivity index (χ4v) is 3.61. The Hall–Kier alpha value is -2.66. The number of fused-ring (bicyclic) bond motifs is 1. The number of pyridine rings is 1. The van der Waals surface area contributed by atoms with Gasteiger partial charge in [-0.25, -0.2) is 4.98 Å². The molecular formula is C21H25N3O2. The number of para-hydroxylation sites is 1. The van der Waals surface area contributed by atoms with Gasteiger partial charge in [-0.1, -0.05) is 37.6 Å². The number of aliphatic hydroxyl groups is 1. The van der Waals surface area contributed by atoms with Crippen molar-refractivity contribution in [1.29, 1.82) is 0 Å². The van der Waals surface area contributed by atoms with E-state index in [1.165, 1.54) is 0 Å². The van der Waals surface area contributed by atoms with Crippen molar-refractivity contribution in [1.82, 2.24) is 9.55 Å². The number of primary amides is 1. The van der Waals surface area contributed by atoms with E-state index in [0.29, 0.717) is 18.5 Å². The van der Waals surface area contributed by atoms with Gasteiger partial charge in [0.15, 0.2) is 0 Å². The zero-order valence-corrected chi connectivity index (χ0v) is 15.3. The van der Waals surface area contributed by atoms with Crippen LogP contribution in [0.1, 0.15) is 41.5 Å². The summed E-state index contributed by atoms with van der Waals surface area (Å²) in [6.07, 6.45) is 2.40. The van der Waals surface area contributed by atoms with E-state index in [1.54, 1.807) is 0 Å². The third-order valence-corrected chi connectivity index (χ3v) is 4.76. The van der Waals surface area contributed by atoms with E-state index in [2.05, 4.69) is 11.5 Å². The Morgan fingerprint density at radius 2 is 2.00 bits per heavy atom. The zero-order chi connectivity index (χ0) is 18.7. The largest absolute Gasteiger partial charge is 0.396 e. The highest BCUT2D eigenvalue weighted by Gasteiger charge is 2.25. The van der Waals surface area contributed by atoms with Crippen LogP contribution in [0.25, 0.3) is 22.2 Å². The number of hydrogen-bond donors (Lipinski definition) is 2. The van der Waals surface area contributed by atoms with Crippen molar-refractivity contribution in [2.24, 2.45) is 5.73 Å². The van der Waals surface area contributed by atoms with Crippen molar-refractivity contribution in [2.45, 2.75) is 39.7 Å². The van der Waals surface area contributed by atoms with Crippen LogP contribution < -0.4 is 5.73 Å². The molecule has 3 aromatic rings. The van der Waals surface area contributed by atoms with Gasteiger partial charge in [0.1, 0.15) is 0 Å². The van der Waals surface area contributed by atoms with Crippen LogP contribution in [-0.4, -0.2) is 27.2 Å². The molecule has 2 aromatic heterocycles. The normalized spacial score (nSPS) is 11.2. The molecule has 0 radical (unpaired) electrons. The fourth-order valence-electron chi connectivity index (χ4n) is 3.61. The quantitative estimate of drug-likeness (QED) is 0.684. The predicted octanol–water partition coefficient (Wildman–Crippen LogP) is 3.45. The van der Waals surface area contributed by atoms with Gasteiger partial charge in [-0.3, -0.25) is 4.79 Å². The number of nitrogens with two attached hydrogens (primary N) is 1. The maximum Gasteiger partial charge on any atom is 0.251 e. The smallest absolute Gasteiger partial charge is 0.251 e. The van der Waals surface area contributed by atoms with Crippen LogP contribution >= 0.6 is 0 Å². The van der Waals surface area contributed by atoms with Crippen LogP contribution in [0.3, 0.4) is 0 Å². The van der Waals surface area contributed by atoms with Crippen LogP contribution in [0.15, 0.2) is 36.4 Å². The van der Waals surface area contributed by atoms with Gasteiger partial charge in [-0.2, -0.15) is 0 Å². The molecule has 5 heteroatoms. The number of benzene rings is 1. The summed E-state index contributed by atoms with van der Waals surface area (Å²) in [7, 11) is 0. The SMILES string of the molecule is CCCc1c(-c2ccc3ccccc3n2)c(C(N)=O)c(C)n1CCCO. The second-order valence-electron chi connectivity index (χ2n) is 6.51. The van der Waals surface area contributed by atoms with Gasteiger partial charge in [-0.05, 0) is 31.9 Å². The van der Waals surface area contributed by atoms with Gasteiger partial charge in [0.25, 0.3) is 5.91 Å². The highest BCUT2D eigenvalue weighted by molar-refractivity contribution is 6.02. The molecule has 3 N–H and O–H groups in total. The number of rotatable bonds is 7. The number of nitrogens with zero attached hydrogens (tertiary/aromatic N) is 2. The van der Waals surface area contributed by atoms with Crippen molar-refractivity contribution >= 4 is 16.8 Å². The Morgan fingerprint density at radius 1 is 1.23 bits per heavy atom. The van der Waals surface area contributed by atoms with E-state index in [1.807, 2.05) is 43.3 Å². The molecule has 0 aliphatic rings. The number of amides is 1. The lowest BCUT2D eigenvalue weighted by atomic mass is 10.0. The summed E-state index contributed by atoms with van der Waals surface area (Å²) < 4.78 is 2.12. The Balaban J connectivity index is 2.27. The summed E-state index contributed by atoms with van der Waals surface area (Å²) in [5.41, 5.74) is 10.7. The molecule has 3 rings (SSSR count). The minimum Gasteiger partial charge on any atom is -0.396 e. The van der Waals surface area contributed by atoms with Gasteiger partial charge in [0.05, 0.1) is 16.8 Å². The van der Waals surface area contributed by atoms with E-state index in [4.69, 9.17) is 10.7 Å². The predicted molar refractivity (Wildman–Crippen MR) is 104 cm³/mol. The van der Waals surface area contributed by atoms with E-state index in [0.717, 1.165) is 46.4 Å². The van der Waals surface area contributed by atoms with Crippen LogP contribution in [-0.2, 0) is 13.0 Å². The molecule has 0 fully saturated rings. The number of hydrogen-bond acceptors (Lipinski definition) is 3. The van der Waals surface area contributed by atoms with Gasteiger partial charge >= 0.3 is 0 Å². The summed E-state index contributed by atoms with van der Waals surface area (Å²) in [4.78, 5) is 17.1. The van der Waals surface area contributed by atoms with E-state index in [9.17, 15) is 9.90 Å². The van der Waals surface area contributed by atoms with Crippen LogP contribution in [0, 0.1) is 6.92 Å². The monoisotopic (exact) mass is 351 g/mol. The molecule has 0 unspecified atom stereocenters. The highest BCUT2D eigenvalue weighted by atomic mass is 16.3. The lowest BCUT2D eigenvalue weighted by Crippen LogP contribution is -2.14. The summed E-state index contributed by atoms with van der Waals surface area (Å²) in [5, 5.41) is 10.3. The molecule has 0 aliphatic heterocycles. The van der Waals surface area contributed by atoms with Crippen LogP contribution in [0.5, 0.6) is 0 Å². The average Bonchev–Trinajstić information content (AvgIpc) is 2.91. The molecule has 1 amide bonds. The van der Waals surface area contributed by atoms with Crippen molar-refractivity contribution < 1.29 is 9.90 Å². The number of aromatic nitrogens is 2. The van der Waals surface area contributed by atoms with Gasteiger partial charge in [-0.15, -0.1) is 0 Å². The van der Waals surface area contributed by atoms with E-state index in [-0.39, 0.29) is 6.61 Å². The number of carbonyl (C=O) groups is 1. The molecule has 0 aliphatic carbocycles. The molecular weight excluding hydrogens is 326 g/mol. The van der Waals surface area contributed by atoms with Crippen molar-refractivity contribution in [3.05, 3.63) is 53.3 Å². The first-order valence-electron chi connectivity index (χ1n) is 9.07. The first-order chi connectivity index (χ1) is 12.6. The number of carbonyl (C=O) groups excluding carboxylic acids is 1.